The zero-order chi connectivity index (χ0) is 16.0. The van der Waals surface area contributed by atoms with E-state index < -0.39 is 5.79 Å². The molecular formula is C19H22N2O2. The van der Waals surface area contributed by atoms with Crippen molar-refractivity contribution in [3.8, 4) is 0 Å². The van der Waals surface area contributed by atoms with Crippen LogP contribution in [0, 0.1) is 12.8 Å². The van der Waals surface area contributed by atoms with Gasteiger partial charge in [-0.15, -0.1) is 0 Å². The highest BCUT2D eigenvalue weighted by Gasteiger charge is 2.33. The Kier molecular flexibility index (Phi) is 3.32. The molecule has 1 aliphatic heterocycles. The molecule has 1 heterocycles. The maximum Gasteiger partial charge on any atom is 0.203 e. The summed E-state index contributed by atoms with van der Waals surface area (Å²) in [5.74, 6) is -1.28. The van der Waals surface area contributed by atoms with Gasteiger partial charge in [0, 0.05) is 18.2 Å². The van der Waals surface area contributed by atoms with Gasteiger partial charge >= 0.3 is 0 Å². The summed E-state index contributed by atoms with van der Waals surface area (Å²) in [6.07, 6.45) is 7.95. The molecule has 3 aliphatic rings. The van der Waals surface area contributed by atoms with E-state index in [0.29, 0.717) is 5.92 Å². The van der Waals surface area contributed by atoms with Gasteiger partial charge in [-0.1, -0.05) is 23.8 Å². The lowest BCUT2D eigenvalue weighted by Gasteiger charge is -2.41. The Morgan fingerprint density at radius 2 is 1.96 bits per heavy atom. The Bertz CT molecular complexity index is 713. The highest BCUT2D eigenvalue weighted by molar-refractivity contribution is 5.54. The monoisotopic (exact) mass is 310 g/mol. The molecule has 0 aromatic heterocycles. The van der Waals surface area contributed by atoms with E-state index in [1.165, 1.54) is 17.3 Å². The normalized spacial score (nSPS) is 25.4. The van der Waals surface area contributed by atoms with E-state index in [1.807, 2.05) is 6.08 Å². The summed E-state index contributed by atoms with van der Waals surface area (Å²) in [6, 6.07) is 8.52. The summed E-state index contributed by atoms with van der Waals surface area (Å²) in [5.41, 5.74) is 9.36. The third kappa shape index (κ3) is 2.69. The molecule has 1 fully saturated rings. The van der Waals surface area contributed by atoms with E-state index >= 15 is 0 Å². The molecule has 0 saturated carbocycles. The van der Waals surface area contributed by atoms with Gasteiger partial charge in [-0.05, 0) is 61.6 Å². The lowest BCUT2D eigenvalue weighted by Crippen LogP contribution is -2.47. The quantitative estimate of drug-likeness (QED) is 0.698. The first-order chi connectivity index (χ1) is 11.0. The number of anilines is 1. The first-order valence-electron chi connectivity index (χ1n) is 8.23. The van der Waals surface area contributed by atoms with Crippen molar-refractivity contribution in [2.24, 2.45) is 5.92 Å². The molecule has 0 amide bonds. The van der Waals surface area contributed by atoms with E-state index in [1.54, 1.807) is 6.08 Å². The second kappa shape index (κ2) is 5.25. The fraction of sp³-hybridized carbons (Fsp3) is 0.368. The van der Waals surface area contributed by atoms with Crippen LogP contribution < -0.4 is 10.4 Å². The van der Waals surface area contributed by atoms with Crippen LogP contribution in [0.2, 0.25) is 0 Å². The lowest BCUT2D eigenvalue weighted by molar-refractivity contribution is -0.0755. The molecule has 1 unspecified atom stereocenters. The van der Waals surface area contributed by atoms with Gasteiger partial charge in [0.2, 0.25) is 5.79 Å². The Labute approximate surface area is 136 Å². The number of aliphatic hydroxyl groups is 2. The minimum absolute atomic E-state index is 0.526. The number of hydrazine groups is 1. The van der Waals surface area contributed by atoms with Crippen molar-refractivity contribution in [1.29, 1.82) is 0 Å². The average molecular weight is 310 g/mol. The smallest absolute Gasteiger partial charge is 0.203 e. The molecule has 1 aromatic rings. The molecule has 3 N–H and O–H groups in total. The summed E-state index contributed by atoms with van der Waals surface area (Å²) < 4.78 is 0. The predicted octanol–water partition coefficient (Wildman–Crippen LogP) is 2.55. The van der Waals surface area contributed by atoms with Crippen LogP contribution in [-0.2, 0) is 0 Å². The van der Waals surface area contributed by atoms with Crippen molar-refractivity contribution in [2.45, 2.75) is 32.0 Å². The second-order valence-corrected chi connectivity index (χ2v) is 6.74. The van der Waals surface area contributed by atoms with Gasteiger partial charge < -0.3 is 15.6 Å². The zero-order valence-corrected chi connectivity index (χ0v) is 13.3. The molecule has 4 heteroatoms. The summed E-state index contributed by atoms with van der Waals surface area (Å²) in [4.78, 5) is 0. The van der Waals surface area contributed by atoms with Crippen LogP contribution >= 0.6 is 0 Å². The molecule has 1 aromatic carbocycles. The predicted molar refractivity (Wildman–Crippen MR) is 90.4 cm³/mol. The molecule has 120 valence electrons. The van der Waals surface area contributed by atoms with Gasteiger partial charge in [0.05, 0.1) is 5.69 Å². The van der Waals surface area contributed by atoms with Crippen LogP contribution in [0.25, 0.3) is 0 Å². The third-order valence-corrected chi connectivity index (χ3v) is 4.99. The van der Waals surface area contributed by atoms with Crippen molar-refractivity contribution in [3.05, 3.63) is 64.9 Å². The zero-order valence-electron chi connectivity index (χ0n) is 13.3. The molecule has 1 saturated heterocycles. The number of fused-ring (bicyclic) bond motifs is 2. The largest absolute Gasteiger partial charge is 0.359 e. The van der Waals surface area contributed by atoms with Gasteiger partial charge in [-0.2, -0.15) is 0 Å². The van der Waals surface area contributed by atoms with Crippen LogP contribution in [0.15, 0.2) is 59.3 Å². The van der Waals surface area contributed by atoms with Gasteiger partial charge in [-0.3, -0.25) is 5.01 Å². The molecule has 2 aliphatic carbocycles. The third-order valence-electron chi connectivity index (χ3n) is 4.99. The second-order valence-electron chi connectivity index (χ2n) is 6.74. The summed E-state index contributed by atoms with van der Waals surface area (Å²) in [6.45, 7) is 3.08. The Hall–Kier alpha value is -2.04. The maximum absolute atomic E-state index is 9.80. The minimum Gasteiger partial charge on any atom is -0.359 e. The van der Waals surface area contributed by atoms with Crippen LogP contribution in [0.3, 0.4) is 0 Å². The highest BCUT2D eigenvalue weighted by atomic mass is 16.5. The standard InChI is InChI=1S/C19H22N2O2/c1-13-2-6-16(7-3-13)21-11-9-14-4-5-15-12-19(22,23)10-8-17(15)18(14)20-21/h2-3,6-8,10,12,14,20,22-23H,4-5,9,11H2,1H3. The summed E-state index contributed by atoms with van der Waals surface area (Å²) in [5, 5.41) is 21.8. The van der Waals surface area contributed by atoms with Gasteiger partial charge in [0.15, 0.2) is 0 Å². The Morgan fingerprint density at radius 1 is 1.17 bits per heavy atom. The molecule has 1 atom stereocenters. The first-order valence-corrected chi connectivity index (χ1v) is 8.23. The molecule has 23 heavy (non-hydrogen) atoms. The molecule has 4 rings (SSSR count). The van der Waals surface area contributed by atoms with Crippen LogP contribution in [0.1, 0.15) is 24.8 Å². The van der Waals surface area contributed by atoms with Gasteiger partial charge in [0.1, 0.15) is 0 Å². The van der Waals surface area contributed by atoms with E-state index in [4.69, 9.17) is 0 Å². The molecule has 4 nitrogen and oxygen atoms in total. The number of aryl methyl sites for hydroxylation is 1. The van der Waals surface area contributed by atoms with Crippen molar-refractivity contribution in [2.75, 3.05) is 11.6 Å². The van der Waals surface area contributed by atoms with E-state index in [2.05, 4.69) is 41.6 Å². The van der Waals surface area contributed by atoms with Gasteiger partial charge in [-0.25, -0.2) is 0 Å². The topological polar surface area (TPSA) is 55.7 Å². The summed E-state index contributed by atoms with van der Waals surface area (Å²) in [7, 11) is 0. The number of nitrogens with zero attached hydrogens (tertiary/aromatic N) is 1. The fourth-order valence-corrected chi connectivity index (χ4v) is 3.70. The van der Waals surface area contributed by atoms with E-state index in [0.717, 1.165) is 42.6 Å². The van der Waals surface area contributed by atoms with Crippen LogP contribution in [0.4, 0.5) is 5.69 Å². The number of rotatable bonds is 1. The number of allylic oxidation sites excluding steroid dienone is 4. The number of hydrogen-bond donors (Lipinski definition) is 3. The number of hydrogen-bond acceptors (Lipinski definition) is 4. The molecule has 0 bridgehead atoms. The van der Waals surface area contributed by atoms with Crippen molar-refractivity contribution < 1.29 is 10.2 Å². The lowest BCUT2D eigenvalue weighted by atomic mass is 9.78. The molecule has 0 spiro atoms. The van der Waals surface area contributed by atoms with Crippen LogP contribution in [-0.4, -0.2) is 22.5 Å². The number of benzene rings is 1. The SMILES string of the molecule is Cc1ccc(N2CCC3CCC4=CC(O)(O)C=CC4=C3N2)cc1. The maximum atomic E-state index is 9.80. The summed E-state index contributed by atoms with van der Waals surface area (Å²) >= 11 is 0. The molecular weight excluding hydrogens is 288 g/mol. The van der Waals surface area contributed by atoms with Gasteiger partial charge in [0.25, 0.3) is 0 Å². The van der Waals surface area contributed by atoms with Crippen LogP contribution in [0.5, 0.6) is 0 Å². The Balaban J connectivity index is 1.67. The molecule has 0 radical (unpaired) electrons. The first kappa shape index (κ1) is 14.5. The number of nitrogens with one attached hydrogen (secondary N) is 1. The van der Waals surface area contributed by atoms with Crippen molar-refractivity contribution >= 4 is 5.69 Å². The van der Waals surface area contributed by atoms with E-state index in [9.17, 15) is 10.2 Å². The van der Waals surface area contributed by atoms with Crippen molar-refractivity contribution in [1.82, 2.24) is 5.43 Å². The highest BCUT2D eigenvalue weighted by Crippen LogP contribution is 2.40. The average Bonchev–Trinajstić information content (AvgIpc) is 2.54. The van der Waals surface area contributed by atoms with Crippen molar-refractivity contribution in [3.63, 3.8) is 0 Å². The fourth-order valence-electron chi connectivity index (χ4n) is 3.70. The Morgan fingerprint density at radius 3 is 2.74 bits per heavy atom. The van der Waals surface area contributed by atoms with E-state index in [-0.39, 0.29) is 0 Å². The minimum atomic E-state index is -1.81.